The van der Waals surface area contributed by atoms with Crippen LogP contribution in [0.4, 0.5) is 26.3 Å². The second-order valence-electron chi connectivity index (χ2n) is 8.68. The van der Waals surface area contributed by atoms with Gasteiger partial charge < -0.3 is 4.90 Å². The smallest absolute Gasteiger partial charge is 0.341 e. The number of likely N-dealkylation sites (tertiary alicyclic amines) is 1. The summed E-state index contributed by atoms with van der Waals surface area (Å²) < 4.78 is 82.9. The van der Waals surface area contributed by atoms with E-state index in [1.54, 1.807) is 29.2 Å². The maximum atomic E-state index is 14.2. The Hall–Kier alpha value is -2.43. The van der Waals surface area contributed by atoms with Crippen molar-refractivity contribution >= 4 is 34.8 Å². The lowest BCUT2D eigenvalue weighted by atomic mass is 9.88. The highest BCUT2D eigenvalue weighted by Crippen LogP contribution is 2.50. The number of amides is 1. The van der Waals surface area contributed by atoms with Crippen LogP contribution in [0.25, 0.3) is 5.70 Å². The summed E-state index contributed by atoms with van der Waals surface area (Å²) in [6, 6.07) is 7.62. The molecule has 1 saturated heterocycles. The summed E-state index contributed by atoms with van der Waals surface area (Å²) in [5.74, 6) is 0.204. The minimum atomic E-state index is -5.14. The maximum absolute atomic E-state index is 14.2. The predicted octanol–water partition coefficient (Wildman–Crippen LogP) is 7.07. The van der Waals surface area contributed by atoms with Crippen molar-refractivity contribution < 1.29 is 36.0 Å². The van der Waals surface area contributed by atoms with Crippen LogP contribution in [0.3, 0.4) is 0 Å². The van der Waals surface area contributed by atoms with Crippen molar-refractivity contribution in [1.82, 2.24) is 10.4 Å². The zero-order valence-electron chi connectivity index (χ0n) is 18.7. The summed E-state index contributed by atoms with van der Waals surface area (Å²) in [5, 5.41) is -1.59. The van der Waals surface area contributed by atoms with E-state index >= 15 is 0 Å². The first-order valence-electron chi connectivity index (χ1n) is 10.9. The van der Waals surface area contributed by atoms with Crippen LogP contribution < -0.4 is 5.48 Å². The first kappa shape index (κ1) is 26.6. The zero-order chi connectivity index (χ0) is 26.5. The average Bonchev–Trinajstić information content (AvgIpc) is 3.21. The molecule has 0 saturated carbocycles. The lowest BCUT2D eigenvalue weighted by Gasteiger charge is -2.39. The number of hydrogen-bond donors (Lipinski definition) is 1. The topological polar surface area (TPSA) is 41.6 Å². The number of carbonyl (C=O) groups excluding carboxylic acids is 1. The van der Waals surface area contributed by atoms with Gasteiger partial charge in [0.05, 0.1) is 21.3 Å². The molecule has 4 rings (SSSR count). The standard InChI is InChI=1S/C24H20Cl2F6N2O2/c1-2-3-20(35)34-11-15(12-34)13-4-6-14(7-5-13)19-10-22(36-33-19,24(30,31)32)16-8-17(23(27,28)29)21(26)18(25)9-16/h4-10,15,33H,2-3,11-12H2,1H3. The number of carbonyl (C=O) groups is 1. The van der Waals surface area contributed by atoms with Gasteiger partial charge >= 0.3 is 12.4 Å². The lowest BCUT2D eigenvalue weighted by molar-refractivity contribution is -0.269. The third-order valence-corrected chi connectivity index (χ3v) is 7.05. The van der Waals surface area contributed by atoms with Crippen molar-refractivity contribution in [1.29, 1.82) is 0 Å². The van der Waals surface area contributed by atoms with Crippen LogP contribution in [0.5, 0.6) is 0 Å². The van der Waals surface area contributed by atoms with Crippen molar-refractivity contribution in [3.05, 3.63) is 74.8 Å². The molecule has 2 heterocycles. The highest BCUT2D eigenvalue weighted by atomic mass is 35.5. The molecule has 0 aliphatic carbocycles. The van der Waals surface area contributed by atoms with Gasteiger partial charge in [-0.3, -0.25) is 15.1 Å². The maximum Gasteiger partial charge on any atom is 0.428 e. The fourth-order valence-corrected chi connectivity index (χ4v) is 4.63. The van der Waals surface area contributed by atoms with E-state index in [0.29, 0.717) is 37.2 Å². The lowest BCUT2D eigenvalue weighted by Crippen LogP contribution is -2.48. The van der Waals surface area contributed by atoms with Crippen molar-refractivity contribution in [3.8, 4) is 0 Å². The zero-order valence-corrected chi connectivity index (χ0v) is 20.2. The third kappa shape index (κ3) is 4.78. The number of rotatable bonds is 5. The molecule has 4 nitrogen and oxygen atoms in total. The van der Waals surface area contributed by atoms with Crippen molar-refractivity contribution in [2.45, 2.75) is 43.6 Å². The summed E-state index contributed by atoms with van der Waals surface area (Å²) in [4.78, 5) is 18.6. The molecule has 12 heteroatoms. The van der Waals surface area contributed by atoms with Crippen molar-refractivity contribution in [2.75, 3.05) is 13.1 Å². The molecule has 1 fully saturated rings. The van der Waals surface area contributed by atoms with Crippen LogP contribution in [0.1, 0.15) is 47.9 Å². The van der Waals surface area contributed by atoms with Crippen LogP contribution >= 0.6 is 23.2 Å². The molecule has 2 aromatic rings. The molecule has 2 aromatic carbocycles. The Morgan fingerprint density at radius 1 is 1.11 bits per heavy atom. The monoisotopic (exact) mass is 552 g/mol. The van der Waals surface area contributed by atoms with Gasteiger partial charge in [-0.15, -0.1) is 0 Å². The van der Waals surface area contributed by atoms with E-state index in [2.05, 4.69) is 5.48 Å². The van der Waals surface area contributed by atoms with Crippen LogP contribution in [0.15, 0.2) is 42.5 Å². The summed E-state index contributed by atoms with van der Waals surface area (Å²) in [6.45, 7) is 3.06. The van der Waals surface area contributed by atoms with E-state index in [-0.39, 0.29) is 23.6 Å². The SMILES string of the molecule is CCCC(=O)N1CC(c2ccc(C3=CC(c4cc(Cl)c(Cl)c(C(F)(F)F)c4)(C(F)(F)F)ON3)cc2)C1. The molecule has 2 aliphatic heterocycles. The largest absolute Gasteiger partial charge is 0.428 e. The highest BCUT2D eigenvalue weighted by molar-refractivity contribution is 6.42. The summed E-state index contributed by atoms with van der Waals surface area (Å²) in [7, 11) is 0. The first-order valence-corrected chi connectivity index (χ1v) is 11.7. The molecule has 1 atom stereocenters. The van der Waals surface area contributed by atoms with Gasteiger partial charge in [-0.05, 0) is 35.8 Å². The Labute approximate surface area is 212 Å². The minimum Gasteiger partial charge on any atom is -0.341 e. The summed E-state index contributed by atoms with van der Waals surface area (Å²) in [5.41, 5.74) is -2.23. The van der Waals surface area contributed by atoms with E-state index in [4.69, 9.17) is 28.0 Å². The first-order chi connectivity index (χ1) is 16.8. The highest BCUT2D eigenvalue weighted by Gasteiger charge is 2.60. The van der Waals surface area contributed by atoms with E-state index in [1.807, 2.05) is 6.92 Å². The summed E-state index contributed by atoms with van der Waals surface area (Å²) in [6.07, 6.45) is -8.25. The Morgan fingerprint density at radius 2 is 1.75 bits per heavy atom. The van der Waals surface area contributed by atoms with Gasteiger partial charge in [0.2, 0.25) is 11.5 Å². The van der Waals surface area contributed by atoms with Crippen LogP contribution in [-0.2, 0) is 21.4 Å². The van der Waals surface area contributed by atoms with E-state index in [9.17, 15) is 31.1 Å². The van der Waals surface area contributed by atoms with Gasteiger partial charge in [0.1, 0.15) is 0 Å². The molecule has 1 amide bonds. The van der Waals surface area contributed by atoms with E-state index < -0.39 is 39.1 Å². The number of hydrogen-bond acceptors (Lipinski definition) is 3. The second kappa shape index (κ2) is 9.46. The number of hydroxylamine groups is 1. The summed E-state index contributed by atoms with van der Waals surface area (Å²) >= 11 is 11.4. The Bertz CT molecular complexity index is 1190. The molecule has 0 bridgehead atoms. The fraction of sp³-hybridized carbons (Fsp3) is 0.375. The molecule has 0 radical (unpaired) electrons. The number of benzene rings is 2. The molecule has 194 valence electrons. The van der Waals surface area contributed by atoms with Crippen molar-refractivity contribution in [3.63, 3.8) is 0 Å². The third-order valence-electron chi connectivity index (χ3n) is 6.24. The second-order valence-corrected chi connectivity index (χ2v) is 9.47. The van der Waals surface area contributed by atoms with Crippen LogP contribution in [-0.4, -0.2) is 30.1 Å². The molecule has 1 N–H and O–H groups in total. The molecule has 0 spiro atoms. The van der Waals surface area contributed by atoms with Crippen molar-refractivity contribution in [2.24, 2.45) is 0 Å². The van der Waals surface area contributed by atoms with Gasteiger partial charge in [0.15, 0.2) is 0 Å². The normalized spacial score (nSPS) is 20.7. The van der Waals surface area contributed by atoms with Crippen LogP contribution in [0.2, 0.25) is 10.0 Å². The molecule has 1 unspecified atom stereocenters. The molecular formula is C24H20Cl2F6N2O2. The number of halogens is 8. The van der Waals surface area contributed by atoms with E-state index in [1.165, 1.54) is 0 Å². The van der Waals surface area contributed by atoms with Gasteiger partial charge in [-0.2, -0.15) is 26.3 Å². The minimum absolute atomic E-state index is 0.0770. The average molecular weight is 553 g/mol. The predicted molar refractivity (Wildman–Crippen MR) is 122 cm³/mol. The fourth-order valence-electron chi connectivity index (χ4n) is 4.20. The number of alkyl halides is 6. The van der Waals surface area contributed by atoms with Gasteiger partial charge in [-0.25, -0.2) is 0 Å². The van der Waals surface area contributed by atoms with Gasteiger partial charge in [0, 0.05) is 31.0 Å². The number of nitrogens with one attached hydrogen (secondary N) is 1. The van der Waals surface area contributed by atoms with E-state index in [0.717, 1.165) is 12.0 Å². The Kier molecular flexibility index (Phi) is 7.00. The number of nitrogens with zero attached hydrogens (tertiary/aromatic N) is 1. The molecule has 36 heavy (non-hydrogen) atoms. The molecular weight excluding hydrogens is 533 g/mol. The van der Waals surface area contributed by atoms with Gasteiger partial charge in [0.25, 0.3) is 0 Å². The van der Waals surface area contributed by atoms with Crippen LogP contribution in [0, 0.1) is 0 Å². The Balaban J connectivity index is 1.63. The Morgan fingerprint density at radius 3 is 2.31 bits per heavy atom. The molecule has 2 aliphatic rings. The molecule has 0 aromatic heterocycles. The van der Waals surface area contributed by atoms with Gasteiger partial charge in [-0.1, -0.05) is 54.4 Å². The quantitative estimate of drug-likeness (QED) is 0.403.